The standard InChI is InChI=1S/3C20H38O2.Y/c3*1-2-3-4-5-6-7-8-9-10-11-12-13-14-15-16-17-18-19-20(21)22;/h3*11-12H,2-10,13-19H2,1H3,(H,21,22);/q;;;+3/p-3/b3*12-11-;. The maximum atomic E-state index is 10.2. The van der Waals surface area contributed by atoms with E-state index in [1.165, 1.54) is 231 Å². The van der Waals surface area contributed by atoms with Crippen molar-refractivity contribution in [1.29, 1.82) is 0 Å². The fraction of sp³-hybridized carbons (Fsp3) is 0.850. The quantitative estimate of drug-likeness (QED) is 0.0442. The van der Waals surface area contributed by atoms with Crippen molar-refractivity contribution in [2.75, 3.05) is 0 Å². The monoisotopic (exact) mass is 1020 g/mol. The number of carbonyl (C=O) groups is 3. The Morgan fingerprint density at radius 3 is 0.522 bits per heavy atom. The molecule has 0 aromatic carbocycles. The molecule has 390 valence electrons. The van der Waals surface area contributed by atoms with Gasteiger partial charge in [-0.2, -0.15) is 0 Å². The van der Waals surface area contributed by atoms with Gasteiger partial charge in [0.25, 0.3) is 0 Å². The van der Waals surface area contributed by atoms with Crippen molar-refractivity contribution in [2.24, 2.45) is 0 Å². The predicted molar refractivity (Wildman–Crippen MR) is 281 cm³/mol. The first-order chi connectivity index (χ1) is 32.3. The van der Waals surface area contributed by atoms with Crippen LogP contribution in [0.1, 0.15) is 329 Å². The van der Waals surface area contributed by atoms with E-state index in [2.05, 4.69) is 57.2 Å². The molecule has 0 heterocycles. The van der Waals surface area contributed by atoms with Gasteiger partial charge in [0.05, 0.1) is 0 Å². The van der Waals surface area contributed by atoms with Gasteiger partial charge in [-0.1, -0.05) is 250 Å². The van der Waals surface area contributed by atoms with Gasteiger partial charge in [-0.05, 0) is 116 Å². The fourth-order valence-corrected chi connectivity index (χ4v) is 8.08. The molecule has 0 unspecified atom stereocenters. The van der Waals surface area contributed by atoms with Gasteiger partial charge < -0.3 is 29.7 Å². The molecule has 0 rings (SSSR count). The zero-order valence-electron chi connectivity index (χ0n) is 44.9. The Balaban J connectivity index is -0.000000441. The molecule has 0 spiro atoms. The minimum absolute atomic E-state index is 0. The first-order valence-corrected chi connectivity index (χ1v) is 28.9. The molecule has 0 saturated carbocycles. The number of carboxylic acid groups (broad SMARTS) is 3. The van der Waals surface area contributed by atoms with Crippen molar-refractivity contribution in [3.05, 3.63) is 36.5 Å². The SMILES string of the molecule is CCCCCCCCCC/C=C\CCCCCCCC(=O)[O-].CCCCCCCCCC/C=C\CCCCCCCC(=O)[O-].CCCCCCCCCC/C=C\CCCCCCCC(=O)[O-].[Y+3]. The van der Waals surface area contributed by atoms with Crippen LogP contribution in [0.4, 0.5) is 0 Å². The van der Waals surface area contributed by atoms with Crippen molar-refractivity contribution < 1.29 is 62.4 Å². The van der Waals surface area contributed by atoms with Gasteiger partial charge in [0, 0.05) is 17.9 Å². The van der Waals surface area contributed by atoms with Crippen LogP contribution in [0.5, 0.6) is 0 Å². The van der Waals surface area contributed by atoms with Crippen LogP contribution in [0.25, 0.3) is 0 Å². The molecule has 0 saturated heterocycles. The van der Waals surface area contributed by atoms with Gasteiger partial charge in [-0.25, -0.2) is 0 Å². The molecule has 67 heavy (non-hydrogen) atoms. The van der Waals surface area contributed by atoms with Gasteiger partial charge in [-0.15, -0.1) is 0 Å². The summed E-state index contributed by atoms with van der Waals surface area (Å²) in [6.07, 6.45) is 71.5. The first-order valence-electron chi connectivity index (χ1n) is 28.9. The number of rotatable bonds is 51. The summed E-state index contributed by atoms with van der Waals surface area (Å²) in [4.78, 5) is 30.7. The molecule has 0 N–H and O–H groups in total. The molecule has 0 aromatic heterocycles. The van der Waals surface area contributed by atoms with Crippen molar-refractivity contribution in [1.82, 2.24) is 0 Å². The van der Waals surface area contributed by atoms with Crippen molar-refractivity contribution in [3.8, 4) is 0 Å². The van der Waals surface area contributed by atoms with Gasteiger partial charge in [0.2, 0.25) is 0 Å². The number of carbonyl (C=O) groups excluding carboxylic acids is 3. The second-order valence-corrected chi connectivity index (χ2v) is 19.2. The van der Waals surface area contributed by atoms with E-state index in [1.54, 1.807) is 0 Å². The number of carboxylic acids is 3. The van der Waals surface area contributed by atoms with Crippen LogP contribution in [-0.2, 0) is 47.1 Å². The Morgan fingerprint density at radius 2 is 0.373 bits per heavy atom. The molecule has 0 amide bonds. The van der Waals surface area contributed by atoms with Crippen molar-refractivity contribution >= 4 is 17.9 Å². The Morgan fingerprint density at radius 1 is 0.239 bits per heavy atom. The van der Waals surface area contributed by atoms with E-state index in [9.17, 15) is 29.7 Å². The van der Waals surface area contributed by atoms with Crippen LogP contribution < -0.4 is 15.3 Å². The molecule has 0 aliphatic rings. The van der Waals surface area contributed by atoms with Gasteiger partial charge in [0.15, 0.2) is 0 Å². The Kier molecular flexibility index (Phi) is 74.4. The summed E-state index contributed by atoms with van der Waals surface area (Å²) < 4.78 is 0. The molecule has 0 fully saturated rings. The van der Waals surface area contributed by atoms with Crippen LogP contribution >= 0.6 is 0 Å². The summed E-state index contributed by atoms with van der Waals surface area (Å²) in [6, 6.07) is 0. The number of hydrogen-bond acceptors (Lipinski definition) is 6. The second-order valence-electron chi connectivity index (χ2n) is 19.2. The average molecular weight is 1020 g/mol. The second kappa shape index (κ2) is 69.0. The van der Waals surface area contributed by atoms with Crippen LogP contribution in [0, 0.1) is 0 Å². The maximum absolute atomic E-state index is 10.2. The summed E-state index contributed by atoms with van der Waals surface area (Å²) in [5, 5.41) is 30.7. The number of hydrogen-bond donors (Lipinski definition) is 0. The topological polar surface area (TPSA) is 120 Å². The molecule has 6 nitrogen and oxygen atoms in total. The third-order valence-electron chi connectivity index (χ3n) is 12.4. The summed E-state index contributed by atoms with van der Waals surface area (Å²) in [5.41, 5.74) is 0. The van der Waals surface area contributed by atoms with Crippen LogP contribution in [-0.4, -0.2) is 17.9 Å². The van der Waals surface area contributed by atoms with Crippen LogP contribution in [0.2, 0.25) is 0 Å². The molecule has 7 heteroatoms. The van der Waals surface area contributed by atoms with E-state index in [4.69, 9.17) is 0 Å². The summed E-state index contributed by atoms with van der Waals surface area (Å²) >= 11 is 0. The molecule has 0 aliphatic heterocycles. The summed E-state index contributed by atoms with van der Waals surface area (Å²) in [6.45, 7) is 6.80. The average Bonchev–Trinajstić information content (AvgIpc) is 3.29. The number of aliphatic carboxylic acids is 3. The predicted octanol–water partition coefficient (Wildman–Crippen LogP) is 16.7. The zero-order valence-corrected chi connectivity index (χ0v) is 47.8. The number of allylic oxidation sites excluding steroid dienone is 6. The fourth-order valence-electron chi connectivity index (χ4n) is 8.08. The Bertz CT molecular complexity index is 911. The van der Waals surface area contributed by atoms with Gasteiger partial charge >= 0.3 is 32.7 Å². The van der Waals surface area contributed by atoms with E-state index >= 15 is 0 Å². The van der Waals surface area contributed by atoms with Crippen molar-refractivity contribution in [2.45, 2.75) is 329 Å². The smallest absolute Gasteiger partial charge is 0.550 e. The largest absolute Gasteiger partial charge is 3.00 e. The van der Waals surface area contributed by atoms with Crippen LogP contribution in [0.3, 0.4) is 0 Å². The minimum atomic E-state index is -0.913. The van der Waals surface area contributed by atoms with E-state index in [1.807, 2.05) is 0 Å². The Hall–Kier alpha value is -1.27. The normalized spacial score (nSPS) is 11.1. The molecule has 0 aliphatic carbocycles. The third-order valence-corrected chi connectivity index (χ3v) is 12.4. The molecule has 0 atom stereocenters. The maximum Gasteiger partial charge on any atom is 3.00 e. The van der Waals surface area contributed by atoms with Crippen LogP contribution in [0.15, 0.2) is 36.5 Å². The van der Waals surface area contributed by atoms with E-state index in [0.717, 1.165) is 57.8 Å². The molecule has 0 radical (unpaired) electrons. The first kappa shape index (κ1) is 72.3. The van der Waals surface area contributed by atoms with Gasteiger partial charge in [0.1, 0.15) is 0 Å². The molecule has 0 bridgehead atoms. The number of unbranched alkanes of at least 4 members (excludes halogenated alkanes) is 39. The van der Waals surface area contributed by atoms with E-state index in [0.29, 0.717) is 0 Å². The summed E-state index contributed by atoms with van der Waals surface area (Å²) in [7, 11) is 0. The van der Waals surface area contributed by atoms with E-state index < -0.39 is 17.9 Å². The minimum Gasteiger partial charge on any atom is -0.550 e. The van der Waals surface area contributed by atoms with Crippen molar-refractivity contribution in [3.63, 3.8) is 0 Å². The Labute approximate surface area is 442 Å². The molecular formula is C60H111O6Y. The molecule has 0 aromatic rings. The van der Waals surface area contributed by atoms with E-state index in [-0.39, 0.29) is 52.0 Å². The third kappa shape index (κ3) is 82.0. The zero-order chi connectivity index (χ0) is 48.9. The molecular weight excluding hydrogens is 906 g/mol. The van der Waals surface area contributed by atoms with Gasteiger partial charge in [-0.3, -0.25) is 0 Å². The summed E-state index contributed by atoms with van der Waals surface area (Å²) in [5.74, 6) is -2.74.